The number of nitrogens with zero attached hydrogens (tertiary/aromatic N) is 2. The van der Waals surface area contributed by atoms with Crippen LogP contribution in [0.25, 0.3) is 0 Å². The first-order valence-electron chi connectivity index (χ1n) is 12.9. The molecule has 0 N–H and O–H groups in total. The van der Waals surface area contributed by atoms with Gasteiger partial charge >= 0.3 is 6.18 Å². The molecule has 0 bridgehead atoms. The van der Waals surface area contributed by atoms with Crippen LogP contribution in [0.2, 0.25) is 0 Å². The Bertz CT molecular complexity index is 1060. The monoisotopic (exact) mass is 473 g/mol. The number of oxime groups is 1. The summed E-state index contributed by atoms with van der Waals surface area (Å²) in [5, 5.41) is 4.19. The Morgan fingerprint density at radius 1 is 1.06 bits per heavy atom. The zero-order chi connectivity index (χ0) is 25.1. The van der Waals surface area contributed by atoms with Crippen molar-refractivity contribution in [3.05, 3.63) is 69.8 Å². The van der Waals surface area contributed by atoms with E-state index in [1.54, 1.807) is 6.07 Å². The van der Waals surface area contributed by atoms with Crippen molar-refractivity contribution in [3.63, 3.8) is 0 Å². The highest BCUT2D eigenvalue weighted by Crippen LogP contribution is 2.41. The molecule has 0 spiro atoms. The topological polar surface area (TPSA) is 24.8 Å². The van der Waals surface area contributed by atoms with Crippen LogP contribution in [0, 0.1) is 0 Å². The standard InChI is InChI=1S/C28H35F3N2O/c1-3-22-17-24(11-12-25(22)18-33-14-7-15-33)20(2)32-34-19-21-10-13-26(23-8-5-4-6-9-23)27(16-21)28(29,30)31/h10-13,16-17,23H,3-9,14-15,18-19H2,1-2H3/b32-20+/i23D. The largest absolute Gasteiger partial charge is 0.416 e. The Kier molecular flexibility index (Phi) is 7.53. The molecule has 1 saturated carbocycles. The molecular weight excluding hydrogens is 437 g/mol. The first-order chi connectivity index (χ1) is 16.7. The third-order valence-corrected chi connectivity index (χ3v) is 7.01. The van der Waals surface area contributed by atoms with E-state index < -0.39 is 17.6 Å². The van der Waals surface area contributed by atoms with Crippen LogP contribution in [0.1, 0.15) is 93.0 Å². The highest BCUT2D eigenvalue weighted by molar-refractivity contribution is 5.98. The molecule has 1 saturated heterocycles. The molecule has 2 fully saturated rings. The fourth-order valence-electron chi connectivity index (χ4n) is 4.84. The van der Waals surface area contributed by atoms with Crippen LogP contribution in [-0.2, 0) is 30.6 Å². The first kappa shape index (κ1) is 23.4. The van der Waals surface area contributed by atoms with E-state index in [0.717, 1.165) is 56.9 Å². The fraction of sp³-hybridized carbons (Fsp3) is 0.536. The van der Waals surface area contributed by atoms with Gasteiger partial charge in [-0.2, -0.15) is 13.2 Å². The zero-order valence-electron chi connectivity index (χ0n) is 21.2. The van der Waals surface area contributed by atoms with Crippen LogP contribution in [-0.4, -0.2) is 23.7 Å². The van der Waals surface area contributed by atoms with Gasteiger partial charge in [0, 0.05) is 7.92 Å². The van der Waals surface area contributed by atoms with Gasteiger partial charge in [0.15, 0.2) is 0 Å². The fourth-order valence-corrected chi connectivity index (χ4v) is 4.84. The van der Waals surface area contributed by atoms with E-state index in [1.807, 2.05) is 13.0 Å². The Morgan fingerprint density at radius 3 is 2.47 bits per heavy atom. The van der Waals surface area contributed by atoms with Gasteiger partial charge in [-0.25, -0.2) is 0 Å². The third kappa shape index (κ3) is 6.01. The molecule has 0 unspecified atom stereocenters. The third-order valence-electron chi connectivity index (χ3n) is 7.01. The lowest BCUT2D eigenvalue weighted by molar-refractivity contribution is -0.138. The van der Waals surface area contributed by atoms with Crippen LogP contribution in [0.3, 0.4) is 0 Å². The van der Waals surface area contributed by atoms with Gasteiger partial charge in [-0.15, -0.1) is 0 Å². The molecule has 0 radical (unpaired) electrons. The predicted octanol–water partition coefficient (Wildman–Crippen LogP) is 7.46. The maximum atomic E-state index is 13.9. The van der Waals surface area contributed by atoms with E-state index in [2.05, 4.69) is 29.1 Å². The van der Waals surface area contributed by atoms with Crippen LogP contribution >= 0.6 is 0 Å². The van der Waals surface area contributed by atoms with Crippen molar-refractivity contribution in [1.29, 1.82) is 0 Å². The van der Waals surface area contributed by atoms with Gasteiger partial charge < -0.3 is 4.84 Å². The molecule has 0 aromatic heterocycles. The van der Waals surface area contributed by atoms with E-state index in [9.17, 15) is 13.2 Å². The quantitative estimate of drug-likeness (QED) is 0.294. The molecule has 2 aliphatic rings. The number of hydrogen-bond donors (Lipinski definition) is 0. The van der Waals surface area contributed by atoms with Crippen molar-refractivity contribution in [3.8, 4) is 0 Å². The second-order valence-electron chi connectivity index (χ2n) is 9.46. The van der Waals surface area contributed by atoms with E-state index >= 15 is 0 Å². The minimum atomic E-state index is -4.51. The number of rotatable bonds is 8. The molecule has 184 valence electrons. The van der Waals surface area contributed by atoms with Crippen molar-refractivity contribution in [2.75, 3.05) is 13.1 Å². The number of hydrogen-bond acceptors (Lipinski definition) is 3. The Balaban J connectivity index is 1.46. The summed E-state index contributed by atoms with van der Waals surface area (Å²) in [6.45, 7) is 7.20. The normalized spacial score (nSPS) is 19.4. The van der Waals surface area contributed by atoms with E-state index in [-0.39, 0.29) is 12.2 Å². The second kappa shape index (κ2) is 10.9. The highest BCUT2D eigenvalue weighted by Gasteiger charge is 2.35. The number of likely N-dealkylation sites (tertiary alicyclic amines) is 1. The summed E-state index contributed by atoms with van der Waals surface area (Å²) in [7, 11) is 0. The summed E-state index contributed by atoms with van der Waals surface area (Å²) in [5.74, 6) is -1.17. The van der Waals surface area contributed by atoms with E-state index in [0.29, 0.717) is 24.1 Å². The van der Waals surface area contributed by atoms with Crippen LogP contribution in [0.5, 0.6) is 0 Å². The molecule has 2 aromatic carbocycles. The van der Waals surface area contributed by atoms with Gasteiger partial charge in [-0.3, -0.25) is 4.90 Å². The van der Waals surface area contributed by atoms with Gasteiger partial charge in [-0.05, 0) is 91.5 Å². The summed E-state index contributed by atoms with van der Waals surface area (Å²) in [6, 6.07) is 10.5. The highest BCUT2D eigenvalue weighted by atomic mass is 19.4. The Labute approximate surface area is 202 Å². The van der Waals surface area contributed by atoms with Crippen molar-refractivity contribution in [2.24, 2.45) is 5.16 Å². The number of aryl methyl sites for hydroxylation is 1. The Hall–Kier alpha value is -2.34. The molecule has 2 aromatic rings. The van der Waals surface area contributed by atoms with Gasteiger partial charge in [0.25, 0.3) is 0 Å². The van der Waals surface area contributed by atoms with Crippen LogP contribution in [0.4, 0.5) is 13.2 Å². The minimum absolute atomic E-state index is 0.0562. The summed E-state index contributed by atoms with van der Waals surface area (Å²) in [6.07, 6.45) is 1.17. The molecule has 3 nitrogen and oxygen atoms in total. The average molecular weight is 474 g/mol. The molecule has 6 heteroatoms. The van der Waals surface area contributed by atoms with Crippen molar-refractivity contribution in [1.82, 2.24) is 4.90 Å². The number of alkyl halides is 3. The number of halogens is 3. The van der Waals surface area contributed by atoms with Crippen molar-refractivity contribution >= 4 is 5.71 Å². The minimum Gasteiger partial charge on any atom is -0.391 e. The van der Waals surface area contributed by atoms with E-state index in [4.69, 9.17) is 6.21 Å². The lowest BCUT2D eigenvalue weighted by Crippen LogP contribution is -2.36. The molecular formula is C28H35F3N2O. The second-order valence-corrected chi connectivity index (χ2v) is 9.46. The molecule has 0 atom stereocenters. The van der Waals surface area contributed by atoms with Crippen LogP contribution < -0.4 is 0 Å². The molecule has 0 amide bonds. The Morgan fingerprint density at radius 2 is 1.82 bits per heavy atom. The first-order valence-corrected chi connectivity index (χ1v) is 12.4. The summed E-state index contributed by atoms with van der Waals surface area (Å²) < 4.78 is 50.3. The zero-order valence-corrected chi connectivity index (χ0v) is 20.2. The predicted molar refractivity (Wildman–Crippen MR) is 130 cm³/mol. The summed E-state index contributed by atoms with van der Waals surface area (Å²) in [5.41, 5.74) is 4.01. The summed E-state index contributed by atoms with van der Waals surface area (Å²) >= 11 is 0. The smallest absolute Gasteiger partial charge is 0.391 e. The molecule has 1 aliphatic heterocycles. The van der Waals surface area contributed by atoms with Gasteiger partial charge in [-0.1, -0.05) is 55.6 Å². The van der Waals surface area contributed by atoms with Gasteiger partial charge in [0.1, 0.15) is 6.61 Å². The molecule has 1 aliphatic carbocycles. The lowest BCUT2D eigenvalue weighted by atomic mass is 9.81. The van der Waals surface area contributed by atoms with E-state index in [1.165, 1.54) is 23.6 Å². The lowest BCUT2D eigenvalue weighted by Gasteiger charge is -2.31. The SMILES string of the molecule is [2H]C1(c2ccc(CO/N=C(\C)c3ccc(CN4CCC4)c(CC)c3)cc2C(F)(F)F)CCCCC1. The van der Waals surface area contributed by atoms with Crippen molar-refractivity contribution < 1.29 is 19.4 Å². The molecule has 1 heterocycles. The molecule has 34 heavy (non-hydrogen) atoms. The molecule has 4 rings (SSSR count). The van der Waals surface area contributed by atoms with Gasteiger partial charge in [0.2, 0.25) is 0 Å². The average Bonchev–Trinajstić information content (AvgIpc) is 2.81. The maximum Gasteiger partial charge on any atom is 0.416 e. The number of benzene rings is 2. The van der Waals surface area contributed by atoms with Crippen LogP contribution in [0.15, 0.2) is 41.6 Å². The van der Waals surface area contributed by atoms with Crippen molar-refractivity contribution in [2.45, 2.75) is 84.0 Å². The van der Waals surface area contributed by atoms with Gasteiger partial charge in [0.05, 0.1) is 11.3 Å². The maximum absolute atomic E-state index is 13.9. The summed E-state index contributed by atoms with van der Waals surface area (Å²) in [4.78, 5) is 7.90.